The first kappa shape index (κ1) is 13.7. The fourth-order valence-corrected chi connectivity index (χ4v) is 3.80. The van der Waals surface area contributed by atoms with Gasteiger partial charge in [-0.3, -0.25) is 14.4 Å². The van der Waals surface area contributed by atoms with Gasteiger partial charge in [0.2, 0.25) is 0 Å². The Morgan fingerprint density at radius 1 is 0.571 bits per heavy atom. The van der Waals surface area contributed by atoms with Crippen molar-refractivity contribution in [3.05, 3.63) is 0 Å². The SMILES string of the molecule is CC1(C(=O)C2C(C(=O)C3(C)CC3)C2C(=O)C2(C)CC2)CC1. The molecule has 0 saturated heterocycles. The van der Waals surface area contributed by atoms with Gasteiger partial charge in [0, 0.05) is 34.0 Å². The first-order valence-corrected chi connectivity index (χ1v) is 8.35. The molecule has 0 aromatic heterocycles. The predicted octanol–water partition coefficient (Wildman–Crippen LogP) is 2.96. The Labute approximate surface area is 125 Å². The van der Waals surface area contributed by atoms with Gasteiger partial charge in [0.15, 0.2) is 0 Å². The van der Waals surface area contributed by atoms with Crippen LogP contribution in [0.15, 0.2) is 0 Å². The number of rotatable bonds is 6. The maximum atomic E-state index is 12.7. The molecule has 4 fully saturated rings. The summed E-state index contributed by atoms with van der Waals surface area (Å²) >= 11 is 0. The molecule has 21 heavy (non-hydrogen) atoms. The Kier molecular flexibility index (Phi) is 2.38. The van der Waals surface area contributed by atoms with Gasteiger partial charge < -0.3 is 0 Å². The molecule has 4 aliphatic rings. The molecule has 4 rings (SSSR count). The molecule has 0 aromatic rings. The molecule has 3 nitrogen and oxygen atoms in total. The molecule has 0 bridgehead atoms. The summed E-state index contributed by atoms with van der Waals surface area (Å²) in [6.07, 6.45) is 5.58. The molecule has 0 aliphatic heterocycles. The molecule has 0 atom stereocenters. The van der Waals surface area contributed by atoms with Crippen molar-refractivity contribution in [2.75, 3.05) is 0 Å². The number of ketones is 3. The molecule has 4 aliphatic carbocycles. The number of carbonyl (C=O) groups is 3. The molecule has 4 saturated carbocycles. The van der Waals surface area contributed by atoms with E-state index in [4.69, 9.17) is 0 Å². The predicted molar refractivity (Wildman–Crippen MR) is 77.5 cm³/mol. The molecule has 114 valence electrons. The minimum absolute atomic E-state index is 0.202. The summed E-state index contributed by atoms with van der Waals surface area (Å²) in [5.74, 6) is -0.250. The molecule has 0 spiro atoms. The van der Waals surface area contributed by atoms with Crippen molar-refractivity contribution in [2.24, 2.45) is 34.0 Å². The summed E-state index contributed by atoms with van der Waals surface area (Å²) in [5.41, 5.74) is -0.687. The Bertz CT molecular complexity index is 474. The second kappa shape index (κ2) is 3.67. The fourth-order valence-electron chi connectivity index (χ4n) is 3.80. The van der Waals surface area contributed by atoms with Crippen molar-refractivity contribution in [2.45, 2.75) is 59.3 Å². The van der Waals surface area contributed by atoms with Crippen molar-refractivity contribution < 1.29 is 14.4 Å². The molecule has 0 unspecified atom stereocenters. The minimum atomic E-state index is -0.285. The van der Waals surface area contributed by atoms with Crippen molar-refractivity contribution in [1.82, 2.24) is 0 Å². The molecule has 0 N–H and O–H groups in total. The summed E-state index contributed by atoms with van der Waals surface area (Å²) in [7, 11) is 0. The number of hydrogen-bond donors (Lipinski definition) is 0. The van der Waals surface area contributed by atoms with E-state index in [1.54, 1.807) is 0 Å². The lowest BCUT2D eigenvalue weighted by molar-refractivity contribution is -0.129. The van der Waals surface area contributed by atoms with Crippen LogP contribution in [0.4, 0.5) is 0 Å². The van der Waals surface area contributed by atoms with Gasteiger partial charge in [-0.15, -0.1) is 0 Å². The lowest BCUT2D eigenvalue weighted by Crippen LogP contribution is -2.20. The van der Waals surface area contributed by atoms with Crippen LogP contribution in [0.25, 0.3) is 0 Å². The van der Waals surface area contributed by atoms with Gasteiger partial charge in [0.05, 0.1) is 0 Å². The van der Waals surface area contributed by atoms with E-state index in [1.807, 2.05) is 20.8 Å². The third kappa shape index (κ3) is 1.89. The number of hydrogen-bond acceptors (Lipinski definition) is 3. The summed E-state index contributed by atoms with van der Waals surface area (Å²) < 4.78 is 0. The molecular weight excluding hydrogens is 264 g/mol. The zero-order chi connectivity index (χ0) is 15.2. The van der Waals surface area contributed by atoms with Gasteiger partial charge in [-0.05, 0) is 38.5 Å². The third-order valence-electron chi connectivity index (χ3n) is 6.71. The van der Waals surface area contributed by atoms with Crippen LogP contribution in [-0.2, 0) is 14.4 Å². The highest BCUT2D eigenvalue weighted by Gasteiger charge is 2.71. The van der Waals surface area contributed by atoms with Crippen LogP contribution < -0.4 is 0 Å². The Hall–Kier alpha value is -0.990. The van der Waals surface area contributed by atoms with E-state index >= 15 is 0 Å². The number of carbonyl (C=O) groups excluding carboxylic acids is 3. The van der Waals surface area contributed by atoms with Gasteiger partial charge in [0.1, 0.15) is 17.3 Å². The average Bonchev–Trinajstić information content (AvgIpc) is 3.24. The smallest absolute Gasteiger partial charge is 0.143 e. The monoisotopic (exact) mass is 288 g/mol. The first-order valence-electron chi connectivity index (χ1n) is 8.35. The van der Waals surface area contributed by atoms with Crippen LogP contribution in [0.2, 0.25) is 0 Å². The van der Waals surface area contributed by atoms with Crippen LogP contribution in [0.3, 0.4) is 0 Å². The van der Waals surface area contributed by atoms with Gasteiger partial charge in [-0.2, -0.15) is 0 Å². The highest BCUT2D eigenvalue weighted by atomic mass is 16.2. The summed E-state index contributed by atoms with van der Waals surface area (Å²) in [6.45, 7) is 5.98. The number of Topliss-reactive ketones (excluding diaryl/α,β-unsaturated/α-hetero) is 3. The zero-order valence-electron chi connectivity index (χ0n) is 13.2. The quantitative estimate of drug-likeness (QED) is 0.755. The van der Waals surface area contributed by atoms with Gasteiger partial charge in [0.25, 0.3) is 0 Å². The van der Waals surface area contributed by atoms with E-state index < -0.39 is 0 Å². The lowest BCUT2D eigenvalue weighted by atomic mass is 9.94. The highest BCUT2D eigenvalue weighted by molar-refractivity contribution is 6.09. The standard InChI is InChI=1S/C18H24O3/c1-16(4-5-16)13(19)10-11(14(20)17(2)6-7-17)12(10)15(21)18(3)8-9-18/h10-12H,4-9H2,1-3H3. The second-order valence-corrected chi connectivity index (χ2v) is 8.85. The van der Waals surface area contributed by atoms with E-state index in [9.17, 15) is 14.4 Å². The van der Waals surface area contributed by atoms with Crippen LogP contribution in [0.1, 0.15) is 59.3 Å². The van der Waals surface area contributed by atoms with E-state index in [1.165, 1.54) is 0 Å². The van der Waals surface area contributed by atoms with Crippen LogP contribution in [0, 0.1) is 34.0 Å². The molecule has 0 radical (unpaired) electrons. The zero-order valence-corrected chi connectivity index (χ0v) is 13.2. The van der Waals surface area contributed by atoms with E-state index in [0.717, 1.165) is 38.5 Å². The molecule has 0 amide bonds. The molecule has 0 aromatic carbocycles. The van der Waals surface area contributed by atoms with Crippen molar-refractivity contribution >= 4 is 17.3 Å². The Morgan fingerprint density at radius 2 is 0.762 bits per heavy atom. The van der Waals surface area contributed by atoms with Crippen LogP contribution in [0.5, 0.6) is 0 Å². The van der Waals surface area contributed by atoms with E-state index in [-0.39, 0.29) is 51.3 Å². The molecule has 0 heterocycles. The Morgan fingerprint density at radius 3 is 0.905 bits per heavy atom. The molecule has 3 heteroatoms. The van der Waals surface area contributed by atoms with E-state index in [2.05, 4.69) is 0 Å². The summed E-state index contributed by atoms with van der Waals surface area (Å²) in [6, 6.07) is 0. The third-order valence-corrected chi connectivity index (χ3v) is 6.71. The second-order valence-electron chi connectivity index (χ2n) is 8.85. The summed E-state index contributed by atoms with van der Waals surface area (Å²) in [4.78, 5) is 38.1. The minimum Gasteiger partial charge on any atom is -0.299 e. The molecular formula is C18H24O3. The van der Waals surface area contributed by atoms with Crippen LogP contribution in [-0.4, -0.2) is 17.3 Å². The van der Waals surface area contributed by atoms with Crippen LogP contribution >= 0.6 is 0 Å². The normalized spacial score (nSPS) is 39.3. The maximum absolute atomic E-state index is 12.7. The maximum Gasteiger partial charge on any atom is 0.143 e. The van der Waals surface area contributed by atoms with E-state index in [0.29, 0.717) is 0 Å². The van der Waals surface area contributed by atoms with Gasteiger partial charge in [-0.1, -0.05) is 20.8 Å². The highest BCUT2D eigenvalue weighted by Crippen LogP contribution is 2.64. The fraction of sp³-hybridized carbons (Fsp3) is 0.833. The van der Waals surface area contributed by atoms with Crippen molar-refractivity contribution in [3.8, 4) is 0 Å². The first-order chi connectivity index (χ1) is 9.72. The Balaban J connectivity index is 1.59. The van der Waals surface area contributed by atoms with Crippen molar-refractivity contribution in [3.63, 3.8) is 0 Å². The summed E-state index contributed by atoms with van der Waals surface area (Å²) in [5, 5.41) is 0. The lowest BCUT2D eigenvalue weighted by Gasteiger charge is -2.08. The topological polar surface area (TPSA) is 51.2 Å². The average molecular weight is 288 g/mol. The largest absolute Gasteiger partial charge is 0.299 e. The van der Waals surface area contributed by atoms with Gasteiger partial charge >= 0.3 is 0 Å². The van der Waals surface area contributed by atoms with Gasteiger partial charge in [-0.25, -0.2) is 0 Å². The van der Waals surface area contributed by atoms with Crippen molar-refractivity contribution in [1.29, 1.82) is 0 Å².